The van der Waals surface area contributed by atoms with E-state index in [0.29, 0.717) is 6.04 Å². The van der Waals surface area contributed by atoms with Crippen molar-refractivity contribution in [2.75, 3.05) is 0 Å². The molecule has 2 N–H and O–H groups in total. The van der Waals surface area contributed by atoms with E-state index in [1.807, 2.05) is 0 Å². The highest BCUT2D eigenvalue weighted by atomic mass is 14.7. The first kappa shape index (κ1) is 9.51. The van der Waals surface area contributed by atoms with Gasteiger partial charge in [-0.15, -0.1) is 0 Å². The van der Waals surface area contributed by atoms with Gasteiger partial charge in [-0.2, -0.15) is 0 Å². The van der Waals surface area contributed by atoms with Crippen molar-refractivity contribution < 1.29 is 0 Å². The summed E-state index contributed by atoms with van der Waals surface area (Å²) in [5.41, 5.74) is 6.16. The van der Waals surface area contributed by atoms with Crippen LogP contribution in [-0.2, 0) is 0 Å². The lowest BCUT2D eigenvalue weighted by Crippen LogP contribution is -2.34. The van der Waals surface area contributed by atoms with Crippen molar-refractivity contribution in [1.29, 1.82) is 0 Å². The molecule has 2 aliphatic carbocycles. The second-order valence-electron chi connectivity index (χ2n) is 5.09. The predicted molar refractivity (Wildman–Crippen MR) is 56.5 cm³/mol. The third-order valence-corrected chi connectivity index (χ3v) is 4.08. The fourth-order valence-corrected chi connectivity index (χ4v) is 3.20. The Morgan fingerprint density at radius 1 is 0.846 bits per heavy atom. The Balaban J connectivity index is 1.78. The topological polar surface area (TPSA) is 26.0 Å². The molecule has 76 valence electrons. The van der Waals surface area contributed by atoms with Crippen LogP contribution >= 0.6 is 0 Å². The van der Waals surface area contributed by atoms with E-state index in [1.165, 1.54) is 57.8 Å². The number of rotatable bonds is 2. The summed E-state index contributed by atoms with van der Waals surface area (Å²) in [7, 11) is 0. The van der Waals surface area contributed by atoms with Crippen LogP contribution in [0.2, 0.25) is 0 Å². The van der Waals surface area contributed by atoms with E-state index >= 15 is 0 Å². The fourth-order valence-electron chi connectivity index (χ4n) is 3.20. The summed E-state index contributed by atoms with van der Waals surface area (Å²) in [5, 5.41) is 0. The molecule has 1 nitrogen and oxygen atoms in total. The highest BCUT2D eigenvalue weighted by Crippen LogP contribution is 2.35. The van der Waals surface area contributed by atoms with Crippen LogP contribution in [-0.4, -0.2) is 6.04 Å². The highest BCUT2D eigenvalue weighted by molar-refractivity contribution is 4.81. The molecule has 2 aliphatic rings. The van der Waals surface area contributed by atoms with Gasteiger partial charge in [0.2, 0.25) is 0 Å². The molecule has 0 bridgehead atoms. The Bertz CT molecular complexity index is 149. The molecule has 0 unspecified atom stereocenters. The van der Waals surface area contributed by atoms with Crippen molar-refractivity contribution in [2.24, 2.45) is 17.6 Å². The normalized spacial score (nSPS) is 36.7. The zero-order chi connectivity index (χ0) is 9.10. The van der Waals surface area contributed by atoms with E-state index in [4.69, 9.17) is 5.73 Å². The third-order valence-electron chi connectivity index (χ3n) is 4.08. The smallest absolute Gasteiger partial charge is 0.00672 e. The minimum absolute atomic E-state index is 0.536. The second kappa shape index (κ2) is 4.45. The maximum atomic E-state index is 6.16. The first-order valence-electron chi connectivity index (χ1n) is 6.12. The third kappa shape index (κ3) is 2.46. The van der Waals surface area contributed by atoms with Crippen LogP contribution in [0.4, 0.5) is 0 Å². The SMILES string of the molecule is N[C@@H]1CCCC[C@@H]1CC1CCCC1. The second-order valence-corrected chi connectivity index (χ2v) is 5.09. The number of hydrogen-bond acceptors (Lipinski definition) is 1. The molecule has 0 saturated heterocycles. The van der Waals surface area contributed by atoms with E-state index < -0.39 is 0 Å². The minimum atomic E-state index is 0.536. The summed E-state index contributed by atoms with van der Waals surface area (Å²) >= 11 is 0. The molecular formula is C12H23N. The van der Waals surface area contributed by atoms with E-state index in [-0.39, 0.29) is 0 Å². The molecule has 0 aromatic heterocycles. The molecule has 13 heavy (non-hydrogen) atoms. The first-order chi connectivity index (χ1) is 6.36. The molecular weight excluding hydrogens is 158 g/mol. The first-order valence-corrected chi connectivity index (χ1v) is 6.12. The van der Waals surface area contributed by atoms with Gasteiger partial charge >= 0.3 is 0 Å². The van der Waals surface area contributed by atoms with E-state index in [1.54, 1.807) is 0 Å². The Morgan fingerprint density at radius 3 is 2.15 bits per heavy atom. The maximum Gasteiger partial charge on any atom is 0.00672 e. The molecule has 0 aromatic rings. The van der Waals surface area contributed by atoms with Crippen LogP contribution in [0, 0.1) is 11.8 Å². The molecule has 0 amide bonds. The summed E-state index contributed by atoms with van der Waals surface area (Å²) in [5.74, 6) is 1.91. The molecule has 0 radical (unpaired) electrons. The van der Waals surface area contributed by atoms with Crippen molar-refractivity contribution in [3.05, 3.63) is 0 Å². The van der Waals surface area contributed by atoms with Gasteiger partial charge in [0.1, 0.15) is 0 Å². The van der Waals surface area contributed by atoms with Gasteiger partial charge in [-0.25, -0.2) is 0 Å². The molecule has 0 spiro atoms. The molecule has 2 fully saturated rings. The van der Waals surface area contributed by atoms with Gasteiger partial charge in [0.25, 0.3) is 0 Å². The van der Waals surface area contributed by atoms with Crippen LogP contribution in [0.1, 0.15) is 57.8 Å². The quantitative estimate of drug-likeness (QED) is 0.696. The van der Waals surface area contributed by atoms with Gasteiger partial charge in [-0.3, -0.25) is 0 Å². The lowest BCUT2D eigenvalue weighted by molar-refractivity contribution is 0.253. The van der Waals surface area contributed by atoms with Crippen LogP contribution in [0.5, 0.6) is 0 Å². The van der Waals surface area contributed by atoms with Crippen molar-refractivity contribution in [2.45, 2.75) is 63.8 Å². The van der Waals surface area contributed by atoms with Crippen LogP contribution < -0.4 is 5.73 Å². The van der Waals surface area contributed by atoms with Gasteiger partial charge in [0.05, 0.1) is 0 Å². The van der Waals surface area contributed by atoms with Crippen molar-refractivity contribution in [1.82, 2.24) is 0 Å². The van der Waals surface area contributed by atoms with Crippen molar-refractivity contribution >= 4 is 0 Å². The highest BCUT2D eigenvalue weighted by Gasteiger charge is 2.26. The zero-order valence-electron chi connectivity index (χ0n) is 8.67. The minimum Gasteiger partial charge on any atom is -0.327 e. The van der Waals surface area contributed by atoms with E-state index in [0.717, 1.165) is 11.8 Å². The maximum absolute atomic E-state index is 6.16. The largest absolute Gasteiger partial charge is 0.327 e. The molecule has 0 aliphatic heterocycles. The van der Waals surface area contributed by atoms with E-state index in [9.17, 15) is 0 Å². The van der Waals surface area contributed by atoms with Gasteiger partial charge in [0.15, 0.2) is 0 Å². The number of nitrogens with two attached hydrogens (primary N) is 1. The molecule has 2 rings (SSSR count). The summed E-state index contributed by atoms with van der Waals surface area (Å²) in [6.45, 7) is 0. The molecule has 0 heterocycles. The van der Waals surface area contributed by atoms with E-state index in [2.05, 4.69) is 0 Å². The summed E-state index contributed by atoms with van der Waals surface area (Å²) in [6, 6.07) is 0.536. The summed E-state index contributed by atoms with van der Waals surface area (Å²) in [6.07, 6.45) is 12.9. The van der Waals surface area contributed by atoms with Gasteiger partial charge in [0, 0.05) is 6.04 Å². The lowest BCUT2D eigenvalue weighted by atomic mass is 9.79. The Kier molecular flexibility index (Phi) is 3.26. The molecule has 0 aromatic carbocycles. The summed E-state index contributed by atoms with van der Waals surface area (Å²) in [4.78, 5) is 0. The average molecular weight is 181 g/mol. The Morgan fingerprint density at radius 2 is 1.46 bits per heavy atom. The standard InChI is InChI=1S/C12H23N/c13-12-8-4-3-7-11(12)9-10-5-1-2-6-10/h10-12H,1-9,13H2/t11-,12-/m1/s1. The van der Waals surface area contributed by atoms with Crippen molar-refractivity contribution in [3.8, 4) is 0 Å². The zero-order valence-corrected chi connectivity index (χ0v) is 8.67. The van der Waals surface area contributed by atoms with Gasteiger partial charge < -0.3 is 5.73 Å². The van der Waals surface area contributed by atoms with Crippen molar-refractivity contribution in [3.63, 3.8) is 0 Å². The molecule has 1 heteroatoms. The predicted octanol–water partition coefficient (Wildman–Crippen LogP) is 3.08. The lowest BCUT2D eigenvalue weighted by Gasteiger charge is -2.30. The fraction of sp³-hybridized carbons (Fsp3) is 1.00. The van der Waals surface area contributed by atoms with Gasteiger partial charge in [-0.1, -0.05) is 38.5 Å². The number of hydrogen-bond donors (Lipinski definition) is 1. The van der Waals surface area contributed by atoms with Crippen LogP contribution in [0.15, 0.2) is 0 Å². The summed E-state index contributed by atoms with van der Waals surface area (Å²) < 4.78 is 0. The van der Waals surface area contributed by atoms with Crippen LogP contribution in [0.3, 0.4) is 0 Å². The Labute approximate surface area is 82.1 Å². The van der Waals surface area contributed by atoms with Gasteiger partial charge in [-0.05, 0) is 31.1 Å². The average Bonchev–Trinajstić information content (AvgIpc) is 2.61. The van der Waals surface area contributed by atoms with Crippen LogP contribution in [0.25, 0.3) is 0 Å². The molecule has 2 saturated carbocycles. The molecule has 2 atom stereocenters. The Hall–Kier alpha value is -0.0400. The monoisotopic (exact) mass is 181 g/mol.